The van der Waals surface area contributed by atoms with E-state index in [1.54, 1.807) is 13.1 Å². The third-order valence-electron chi connectivity index (χ3n) is 5.75. The van der Waals surface area contributed by atoms with Gasteiger partial charge in [-0.25, -0.2) is 0 Å². The first-order chi connectivity index (χ1) is 13.1. The van der Waals surface area contributed by atoms with Crippen molar-refractivity contribution in [1.82, 2.24) is 9.88 Å². The molecule has 0 aliphatic carbocycles. The maximum absolute atomic E-state index is 13.0. The fraction of sp³-hybridized carbons (Fsp3) is 0.435. The molecule has 0 spiro atoms. The molecule has 1 aliphatic rings. The van der Waals surface area contributed by atoms with Crippen LogP contribution in [0.5, 0.6) is 0 Å². The normalized spacial score (nSPS) is 22.2. The number of carbonyl (C=O) groups excluding carboxylic acids is 2. The summed E-state index contributed by atoms with van der Waals surface area (Å²) in [6, 6.07) is 14.5. The SMILES string of the molecule is CC(=O)CCC1C(Cc2cccnc2)C(=O)N(C)C1CCc1ccccc1. The van der Waals surface area contributed by atoms with E-state index in [4.69, 9.17) is 0 Å². The number of benzene rings is 1. The summed E-state index contributed by atoms with van der Waals surface area (Å²) < 4.78 is 0. The number of aromatic nitrogens is 1. The van der Waals surface area contributed by atoms with Crippen molar-refractivity contribution in [2.75, 3.05) is 7.05 Å². The Bertz CT molecular complexity index is 760. The standard InChI is InChI=1S/C23H28N2O2/c1-17(26)10-12-20-21(15-19-9-6-14-24-16-19)23(27)25(2)22(20)13-11-18-7-4-3-5-8-18/h3-9,14,16,20-22H,10-13,15H2,1-2H3. The minimum absolute atomic E-state index is 0.0701. The van der Waals surface area contributed by atoms with E-state index < -0.39 is 0 Å². The van der Waals surface area contributed by atoms with Gasteiger partial charge < -0.3 is 9.69 Å². The van der Waals surface area contributed by atoms with Crippen LogP contribution in [0.2, 0.25) is 0 Å². The van der Waals surface area contributed by atoms with Crippen molar-refractivity contribution in [2.45, 2.75) is 45.1 Å². The maximum Gasteiger partial charge on any atom is 0.226 e. The van der Waals surface area contributed by atoms with Gasteiger partial charge in [-0.3, -0.25) is 9.78 Å². The van der Waals surface area contributed by atoms with Crippen LogP contribution in [0, 0.1) is 11.8 Å². The highest BCUT2D eigenvalue weighted by molar-refractivity contribution is 5.82. The molecule has 3 atom stereocenters. The van der Waals surface area contributed by atoms with Gasteiger partial charge in [0, 0.05) is 37.8 Å². The molecule has 1 fully saturated rings. The van der Waals surface area contributed by atoms with Crippen LogP contribution in [-0.4, -0.2) is 34.7 Å². The number of likely N-dealkylation sites (tertiary alicyclic amines) is 1. The predicted octanol–water partition coefficient (Wildman–Crippen LogP) is 3.70. The van der Waals surface area contributed by atoms with Crippen molar-refractivity contribution in [3.63, 3.8) is 0 Å². The van der Waals surface area contributed by atoms with Crippen molar-refractivity contribution < 1.29 is 9.59 Å². The van der Waals surface area contributed by atoms with Crippen LogP contribution in [-0.2, 0) is 22.4 Å². The molecule has 3 rings (SSSR count). The summed E-state index contributed by atoms with van der Waals surface area (Å²) in [6.07, 6.45) is 7.47. The first-order valence-corrected chi connectivity index (χ1v) is 9.75. The van der Waals surface area contributed by atoms with Crippen LogP contribution in [0.1, 0.15) is 37.3 Å². The number of Topliss-reactive ketones (excluding diaryl/α,β-unsaturated/α-hetero) is 1. The fourth-order valence-electron chi connectivity index (χ4n) is 4.31. The average Bonchev–Trinajstić information content (AvgIpc) is 2.90. The van der Waals surface area contributed by atoms with Crippen LogP contribution >= 0.6 is 0 Å². The van der Waals surface area contributed by atoms with Gasteiger partial charge >= 0.3 is 0 Å². The van der Waals surface area contributed by atoms with Crippen molar-refractivity contribution in [3.05, 3.63) is 66.0 Å². The van der Waals surface area contributed by atoms with Crippen LogP contribution in [0.25, 0.3) is 0 Å². The zero-order valence-electron chi connectivity index (χ0n) is 16.2. The summed E-state index contributed by atoms with van der Waals surface area (Å²) in [5.74, 6) is 0.527. The molecule has 1 amide bonds. The molecular formula is C23H28N2O2. The summed E-state index contributed by atoms with van der Waals surface area (Å²) in [4.78, 5) is 30.7. The van der Waals surface area contributed by atoms with E-state index in [0.29, 0.717) is 12.8 Å². The lowest BCUT2D eigenvalue weighted by molar-refractivity contribution is -0.131. The van der Waals surface area contributed by atoms with E-state index in [2.05, 4.69) is 29.2 Å². The molecule has 0 radical (unpaired) electrons. The van der Waals surface area contributed by atoms with Crippen molar-refractivity contribution >= 4 is 11.7 Å². The molecule has 0 bridgehead atoms. The average molecular weight is 364 g/mol. The van der Waals surface area contributed by atoms with E-state index >= 15 is 0 Å². The Kier molecular flexibility index (Phi) is 6.38. The Morgan fingerprint density at radius 1 is 1.07 bits per heavy atom. The molecule has 1 aromatic heterocycles. The Labute approximate surface area is 161 Å². The molecule has 142 valence electrons. The van der Waals surface area contributed by atoms with E-state index in [-0.39, 0.29) is 29.6 Å². The minimum atomic E-state index is -0.0701. The molecule has 1 aromatic carbocycles. The molecule has 4 heteroatoms. The topological polar surface area (TPSA) is 50.3 Å². The molecule has 1 aliphatic heterocycles. The van der Waals surface area contributed by atoms with Crippen LogP contribution in [0.4, 0.5) is 0 Å². The second-order valence-electron chi connectivity index (χ2n) is 7.62. The van der Waals surface area contributed by atoms with Gasteiger partial charge in [-0.15, -0.1) is 0 Å². The lowest BCUT2D eigenvalue weighted by atomic mass is 9.81. The van der Waals surface area contributed by atoms with Gasteiger partial charge in [0.15, 0.2) is 0 Å². The lowest BCUT2D eigenvalue weighted by Crippen LogP contribution is -2.32. The number of hydrogen-bond donors (Lipinski definition) is 0. The number of aryl methyl sites for hydroxylation is 1. The van der Waals surface area contributed by atoms with Gasteiger partial charge in [-0.2, -0.15) is 0 Å². The number of nitrogens with zero attached hydrogens (tertiary/aromatic N) is 2. The molecule has 0 N–H and O–H groups in total. The first kappa shape index (κ1) is 19.3. The molecule has 27 heavy (non-hydrogen) atoms. The molecule has 2 aromatic rings. The quantitative estimate of drug-likeness (QED) is 0.718. The number of ketones is 1. The smallest absolute Gasteiger partial charge is 0.226 e. The van der Waals surface area contributed by atoms with Crippen LogP contribution < -0.4 is 0 Å². The Morgan fingerprint density at radius 2 is 1.81 bits per heavy atom. The highest BCUT2D eigenvalue weighted by atomic mass is 16.2. The molecule has 2 heterocycles. The molecule has 1 saturated heterocycles. The minimum Gasteiger partial charge on any atom is -0.342 e. The summed E-state index contributed by atoms with van der Waals surface area (Å²) >= 11 is 0. The number of amides is 1. The van der Waals surface area contributed by atoms with Gasteiger partial charge in [0.1, 0.15) is 5.78 Å². The Balaban J connectivity index is 1.77. The second kappa shape index (κ2) is 8.94. The Hall–Kier alpha value is -2.49. The van der Waals surface area contributed by atoms with Crippen molar-refractivity contribution in [2.24, 2.45) is 11.8 Å². The summed E-state index contributed by atoms with van der Waals surface area (Å²) in [6.45, 7) is 1.63. The number of hydrogen-bond acceptors (Lipinski definition) is 3. The number of pyridine rings is 1. The summed E-state index contributed by atoms with van der Waals surface area (Å²) in [5.41, 5.74) is 2.38. The van der Waals surface area contributed by atoms with Gasteiger partial charge in [0.25, 0.3) is 0 Å². The van der Waals surface area contributed by atoms with Gasteiger partial charge in [-0.1, -0.05) is 36.4 Å². The zero-order valence-corrected chi connectivity index (χ0v) is 16.2. The van der Waals surface area contributed by atoms with E-state index in [9.17, 15) is 9.59 Å². The van der Waals surface area contributed by atoms with Crippen LogP contribution in [0.3, 0.4) is 0 Å². The molecule has 3 unspecified atom stereocenters. The van der Waals surface area contributed by atoms with Gasteiger partial charge in [0.2, 0.25) is 5.91 Å². The van der Waals surface area contributed by atoms with E-state index in [1.807, 2.05) is 36.3 Å². The highest BCUT2D eigenvalue weighted by Crippen LogP contribution is 2.37. The number of rotatable bonds is 8. The largest absolute Gasteiger partial charge is 0.342 e. The third kappa shape index (κ3) is 4.82. The number of carbonyl (C=O) groups is 2. The van der Waals surface area contributed by atoms with Crippen molar-refractivity contribution in [3.8, 4) is 0 Å². The highest BCUT2D eigenvalue weighted by Gasteiger charge is 2.45. The monoisotopic (exact) mass is 364 g/mol. The summed E-state index contributed by atoms with van der Waals surface area (Å²) in [7, 11) is 1.92. The van der Waals surface area contributed by atoms with Crippen molar-refractivity contribution in [1.29, 1.82) is 0 Å². The Morgan fingerprint density at radius 3 is 2.48 bits per heavy atom. The van der Waals surface area contributed by atoms with E-state index in [0.717, 1.165) is 24.8 Å². The predicted molar refractivity (Wildman–Crippen MR) is 106 cm³/mol. The van der Waals surface area contributed by atoms with Gasteiger partial charge in [-0.05, 0) is 55.7 Å². The molecule has 0 saturated carbocycles. The fourth-order valence-corrected chi connectivity index (χ4v) is 4.31. The van der Waals surface area contributed by atoms with Crippen LogP contribution in [0.15, 0.2) is 54.9 Å². The maximum atomic E-state index is 13.0. The second-order valence-corrected chi connectivity index (χ2v) is 7.62. The van der Waals surface area contributed by atoms with Gasteiger partial charge in [0.05, 0.1) is 0 Å². The first-order valence-electron chi connectivity index (χ1n) is 9.75. The molecular weight excluding hydrogens is 336 g/mol. The zero-order chi connectivity index (χ0) is 19.2. The van der Waals surface area contributed by atoms with E-state index in [1.165, 1.54) is 5.56 Å². The molecule has 4 nitrogen and oxygen atoms in total. The lowest BCUT2D eigenvalue weighted by Gasteiger charge is -2.26. The third-order valence-corrected chi connectivity index (χ3v) is 5.75. The summed E-state index contributed by atoms with van der Waals surface area (Å²) in [5, 5.41) is 0.